The zero-order valence-corrected chi connectivity index (χ0v) is 17.0. The molecule has 6 nitrogen and oxygen atoms in total. The van der Waals surface area contributed by atoms with Crippen LogP contribution in [0.3, 0.4) is 0 Å². The molecule has 2 atom stereocenters. The van der Waals surface area contributed by atoms with Gasteiger partial charge in [0.2, 0.25) is 11.8 Å². The molecule has 3 fully saturated rings. The van der Waals surface area contributed by atoms with E-state index in [9.17, 15) is 27.2 Å². The second kappa shape index (κ2) is 7.13. The van der Waals surface area contributed by atoms with Gasteiger partial charge in [0.05, 0.1) is 30.8 Å². The zero-order chi connectivity index (χ0) is 22.0. The van der Waals surface area contributed by atoms with Crippen LogP contribution < -0.4 is 0 Å². The number of halogens is 4. The van der Waals surface area contributed by atoms with Crippen LogP contribution in [0.15, 0.2) is 11.2 Å². The third-order valence-corrected chi connectivity index (χ3v) is 7.19. The molecule has 5 rings (SSSR count). The molecular weight excluding hydrogens is 416 g/mol. The maximum absolute atomic E-state index is 13.5. The average molecular weight is 440 g/mol. The second-order valence-corrected chi connectivity index (χ2v) is 9.27. The third kappa shape index (κ3) is 3.67. The Hall–Kier alpha value is -2.26. The number of aromatic nitrogens is 2. The van der Waals surface area contributed by atoms with Crippen molar-refractivity contribution in [3.63, 3.8) is 0 Å². The number of nitrogens with zero attached hydrogens (tertiary/aromatic N) is 4. The summed E-state index contributed by atoms with van der Waals surface area (Å²) in [6.45, 7) is -0.507. The molecular formula is C21H24F4N4O2. The predicted octanol–water partition coefficient (Wildman–Crippen LogP) is 4.19. The fraction of sp³-hybridized carbons (Fsp3) is 0.714. The number of fused-ring (bicyclic) bond motifs is 1. The molecule has 0 radical (unpaired) electrons. The van der Waals surface area contributed by atoms with E-state index in [-0.39, 0.29) is 68.7 Å². The molecule has 31 heavy (non-hydrogen) atoms. The van der Waals surface area contributed by atoms with E-state index < -0.39 is 24.3 Å². The number of ketones is 1. The van der Waals surface area contributed by atoms with Crippen molar-refractivity contribution in [1.29, 1.82) is 0 Å². The molecule has 0 spiro atoms. The number of likely N-dealkylation sites (tertiary alicyclic amines) is 1. The summed E-state index contributed by atoms with van der Waals surface area (Å²) in [4.78, 5) is 31.4. The van der Waals surface area contributed by atoms with Gasteiger partial charge in [-0.2, -0.15) is 5.10 Å². The van der Waals surface area contributed by atoms with Crippen molar-refractivity contribution in [3.05, 3.63) is 11.8 Å². The SMILES string of the molecule is O=C1CC([C@H]2CC[C@@H]2C(=O)N2CCC(F)(F)C2)=Nc2c1cnn2C1CCC(F)(F)CC1. The summed E-state index contributed by atoms with van der Waals surface area (Å²) in [5.74, 6) is -6.27. The van der Waals surface area contributed by atoms with Crippen LogP contribution in [-0.2, 0) is 4.79 Å². The molecule has 2 aliphatic heterocycles. The molecule has 4 aliphatic rings. The standard InChI is InChI=1S/C21H24F4N4O2/c22-20(23)5-3-12(4-6-20)29-18-15(10-26-29)17(30)9-16(27-18)13-1-2-14(13)19(31)28-8-7-21(24,25)11-28/h10,12-14H,1-9,11H2/t13-,14-/m0/s1. The van der Waals surface area contributed by atoms with Gasteiger partial charge in [0.1, 0.15) is 0 Å². The summed E-state index contributed by atoms with van der Waals surface area (Å²) in [7, 11) is 0. The molecule has 2 saturated carbocycles. The lowest BCUT2D eigenvalue weighted by molar-refractivity contribution is -0.140. The fourth-order valence-corrected chi connectivity index (χ4v) is 5.20. The number of rotatable bonds is 3. The molecule has 1 aromatic heterocycles. The molecule has 10 heteroatoms. The van der Waals surface area contributed by atoms with Gasteiger partial charge in [0.25, 0.3) is 5.92 Å². The summed E-state index contributed by atoms with van der Waals surface area (Å²) in [6.07, 6.45) is 2.52. The summed E-state index contributed by atoms with van der Waals surface area (Å²) >= 11 is 0. The van der Waals surface area contributed by atoms with E-state index in [1.807, 2.05) is 0 Å². The van der Waals surface area contributed by atoms with Crippen LogP contribution in [0.4, 0.5) is 23.4 Å². The largest absolute Gasteiger partial charge is 0.336 e. The highest BCUT2D eigenvalue weighted by molar-refractivity contribution is 6.16. The quantitative estimate of drug-likeness (QED) is 0.662. The number of hydrogen-bond donors (Lipinski definition) is 0. The van der Waals surface area contributed by atoms with Crippen LogP contribution in [0.25, 0.3) is 0 Å². The van der Waals surface area contributed by atoms with Crippen molar-refractivity contribution in [1.82, 2.24) is 14.7 Å². The number of carbonyl (C=O) groups is 2. The lowest BCUT2D eigenvalue weighted by Crippen LogP contribution is -2.46. The minimum atomic E-state index is -2.84. The van der Waals surface area contributed by atoms with E-state index in [1.165, 1.54) is 11.1 Å². The Morgan fingerprint density at radius 1 is 1.03 bits per heavy atom. The highest BCUT2D eigenvalue weighted by Crippen LogP contribution is 2.44. The Morgan fingerprint density at radius 2 is 1.77 bits per heavy atom. The fourth-order valence-electron chi connectivity index (χ4n) is 5.20. The smallest absolute Gasteiger partial charge is 0.267 e. The molecule has 1 aromatic rings. The molecule has 0 aromatic carbocycles. The van der Waals surface area contributed by atoms with E-state index in [0.29, 0.717) is 29.9 Å². The minimum Gasteiger partial charge on any atom is -0.336 e. The van der Waals surface area contributed by atoms with Crippen molar-refractivity contribution in [2.24, 2.45) is 16.8 Å². The van der Waals surface area contributed by atoms with Gasteiger partial charge < -0.3 is 4.90 Å². The number of aliphatic imine (C=N–C) groups is 1. The maximum atomic E-state index is 13.5. The van der Waals surface area contributed by atoms with Gasteiger partial charge in [0, 0.05) is 43.4 Å². The highest BCUT2D eigenvalue weighted by atomic mass is 19.3. The van der Waals surface area contributed by atoms with Gasteiger partial charge >= 0.3 is 0 Å². The minimum absolute atomic E-state index is 0.0453. The van der Waals surface area contributed by atoms with Gasteiger partial charge in [-0.1, -0.05) is 0 Å². The summed E-state index contributed by atoms with van der Waals surface area (Å²) < 4.78 is 55.7. The van der Waals surface area contributed by atoms with E-state index in [0.717, 1.165) is 0 Å². The molecule has 1 amide bonds. The normalized spacial score (nSPS) is 30.0. The van der Waals surface area contributed by atoms with Crippen LogP contribution >= 0.6 is 0 Å². The van der Waals surface area contributed by atoms with Gasteiger partial charge in [-0.05, 0) is 25.7 Å². The lowest BCUT2D eigenvalue weighted by Gasteiger charge is -2.39. The first-order chi connectivity index (χ1) is 14.6. The van der Waals surface area contributed by atoms with Gasteiger partial charge in [-0.15, -0.1) is 0 Å². The molecule has 1 saturated heterocycles. The van der Waals surface area contributed by atoms with E-state index >= 15 is 0 Å². The molecule has 0 N–H and O–H groups in total. The Balaban J connectivity index is 1.36. The Bertz CT molecular complexity index is 947. The molecule has 0 bridgehead atoms. The number of hydrogen-bond acceptors (Lipinski definition) is 4. The third-order valence-electron chi connectivity index (χ3n) is 7.19. The van der Waals surface area contributed by atoms with Gasteiger partial charge in [-0.3, -0.25) is 9.59 Å². The van der Waals surface area contributed by atoms with Crippen molar-refractivity contribution in [3.8, 4) is 0 Å². The van der Waals surface area contributed by atoms with Crippen molar-refractivity contribution in [2.75, 3.05) is 13.1 Å². The summed E-state index contributed by atoms with van der Waals surface area (Å²) in [6, 6.07) is -0.245. The number of Topliss-reactive ketones (excluding diaryl/α,β-unsaturated/α-hetero) is 1. The maximum Gasteiger partial charge on any atom is 0.267 e. The van der Waals surface area contributed by atoms with Crippen LogP contribution in [0.2, 0.25) is 0 Å². The monoisotopic (exact) mass is 440 g/mol. The number of amides is 1. The highest BCUT2D eigenvalue weighted by Gasteiger charge is 2.48. The first kappa shape index (κ1) is 20.6. The molecule has 3 heterocycles. The average Bonchev–Trinajstić information content (AvgIpc) is 3.24. The van der Waals surface area contributed by atoms with Crippen LogP contribution in [0.5, 0.6) is 0 Å². The number of alkyl halides is 4. The summed E-state index contributed by atoms with van der Waals surface area (Å²) in [5.41, 5.74) is 0.957. The first-order valence-corrected chi connectivity index (χ1v) is 10.9. The van der Waals surface area contributed by atoms with Crippen molar-refractivity contribution < 1.29 is 27.2 Å². The van der Waals surface area contributed by atoms with Crippen LogP contribution in [0, 0.1) is 11.8 Å². The summed E-state index contributed by atoms with van der Waals surface area (Å²) in [5, 5.41) is 4.28. The van der Waals surface area contributed by atoms with E-state index in [2.05, 4.69) is 10.1 Å². The van der Waals surface area contributed by atoms with Gasteiger partial charge in [0.15, 0.2) is 11.6 Å². The van der Waals surface area contributed by atoms with Crippen LogP contribution in [0.1, 0.15) is 67.8 Å². The predicted molar refractivity (Wildman–Crippen MR) is 103 cm³/mol. The Kier molecular flexibility index (Phi) is 4.75. The van der Waals surface area contributed by atoms with Crippen molar-refractivity contribution in [2.45, 2.75) is 69.3 Å². The Morgan fingerprint density at radius 3 is 2.39 bits per heavy atom. The first-order valence-electron chi connectivity index (χ1n) is 10.9. The van der Waals surface area contributed by atoms with E-state index in [4.69, 9.17) is 0 Å². The van der Waals surface area contributed by atoms with E-state index in [1.54, 1.807) is 4.68 Å². The molecule has 2 aliphatic carbocycles. The molecule has 168 valence electrons. The second-order valence-electron chi connectivity index (χ2n) is 9.27. The topological polar surface area (TPSA) is 67.6 Å². The lowest BCUT2D eigenvalue weighted by atomic mass is 9.69. The van der Waals surface area contributed by atoms with Crippen LogP contribution in [-0.4, -0.2) is 57.0 Å². The van der Waals surface area contributed by atoms with Crippen molar-refractivity contribution >= 4 is 23.2 Å². The number of carbonyl (C=O) groups excluding carboxylic acids is 2. The zero-order valence-electron chi connectivity index (χ0n) is 17.0. The Labute approximate surface area is 176 Å². The molecule has 0 unspecified atom stereocenters. The van der Waals surface area contributed by atoms with Gasteiger partial charge in [-0.25, -0.2) is 27.2 Å².